The smallest absolute Gasteiger partial charge is 0.272 e. The van der Waals surface area contributed by atoms with E-state index in [4.69, 9.17) is 16.3 Å². The number of ether oxygens (including phenoxy) is 1. The molecular weight excluding hydrogens is 380 g/mol. The highest BCUT2D eigenvalue weighted by Crippen LogP contribution is 2.19. The van der Waals surface area contributed by atoms with Gasteiger partial charge in [-0.15, -0.1) is 0 Å². The molecule has 0 saturated carbocycles. The molecular formula is C21H21ClN2O2S. The van der Waals surface area contributed by atoms with Crippen molar-refractivity contribution in [2.24, 2.45) is 4.99 Å². The van der Waals surface area contributed by atoms with Crippen LogP contribution < -0.4 is 4.80 Å². The second-order valence-electron chi connectivity index (χ2n) is 6.01. The Labute approximate surface area is 167 Å². The summed E-state index contributed by atoms with van der Waals surface area (Å²) in [5, 5.41) is 0.602. The van der Waals surface area contributed by atoms with Crippen molar-refractivity contribution in [1.82, 2.24) is 4.57 Å². The van der Waals surface area contributed by atoms with E-state index >= 15 is 0 Å². The summed E-state index contributed by atoms with van der Waals surface area (Å²) in [6.07, 6.45) is 3.14. The lowest BCUT2D eigenvalue weighted by molar-refractivity contribution is -0.113. The molecule has 0 aliphatic carbocycles. The molecule has 0 spiro atoms. The van der Waals surface area contributed by atoms with Crippen LogP contribution in [-0.4, -0.2) is 23.7 Å². The van der Waals surface area contributed by atoms with Crippen LogP contribution in [0, 0.1) is 6.92 Å². The number of fused-ring (bicyclic) bond motifs is 1. The lowest BCUT2D eigenvalue weighted by Crippen LogP contribution is -2.19. The number of rotatable bonds is 6. The second kappa shape index (κ2) is 9.13. The van der Waals surface area contributed by atoms with Gasteiger partial charge < -0.3 is 9.30 Å². The van der Waals surface area contributed by atoms with Gasteiger partial charge in [-0.1, -0.05) is 47.2 Å². The predicted molar refractivity (Wildman–Crippen MR) is 112 cm³/mol. The normalized spacial score (nSPS) is 12.3. The molecule has 27 heavy (non-hydrogen) atoms. The largest absolute Gasteiger partial charge is 0.380 e. The van der Waals surface area contributed by atoms with Gasteiger partial charge in [0.25, 0.3) is 5.91 Å². The van der Waals surface area contributed by atoms with Crippen LogP contribution in [0.1, 0.15) is 18.1 Å². The standard InChI is InChI=1S/C21H21ClN2O2S/c1-3-26-13-12-24-18-10-8-15(2)14-19(18)27-21(24)23-20(25)11-9-16-6-4-5-7-17(16)22/h4-11,14H,3,12-13H2,1-2H3. The molecule has 0 unspecified atom stereocenters. The van der Waals surface area contributed by atoms with Crippen molar-refractivity contribution in [2.45, 2.75) is 20.4 Å². The van der Waals surface area contributed by atoms with Gasteiger partial charge in [-0.25, -0.2) is 0 Å². The number of aryl methyl sites for hydroxylation is 1. The van der Waals surface area contributed by atoms with Gasteiger partial charge in [-0.3, -0.25) is 4.79 Å². The predicted octanol–water partition coefficient (Wildman–Crippen LogP) is 4.84. The molecule has 0 bridgehead atoms. The monoisotopic (exact) mass is 400 g/mol. The van der Waals surface area contributed by atoms with Crippen LogP contribution in [-0.2, 0) is 16.1 Å². The molecule has 1 amide bonds. The summed E-state index contributed by atoms with van der Waals surface area (Å²) in [6.45, 7) is 5.91. The molecule has 1 heterocycles. The molecule has 0 aliphatic heterocycles. The first-order valence-electron chi connectivity index (χ1n) is 8.77. The Bertz CT molecular complexity index is 1050. The van der Waals surface area contributed by atoms with Gasteiger partial charge in [0.2, 0.25) is 0 Å². The van der Waals surface area contributed by atoms with Crippen LogP contribution in [0.2, 0.25) is 5.02 Å². The molecule has 6 heteroatoms. The molecule has 0 saturated heterocycles. The van der Waals surface area contributed by atoms with E-state index in [2.05, 4.69) is 30.1 Å². The highest BCUT2D eigenvalue weighted by Gasteiger charge is 2.07. The number of nitrogens with zero attached hydrogens (tertiary/aromatic N) is 2. The molecule has 140 valence electrons. The van der Waals surface area contributed by atoms with E-state index < -0.39 is 0 Å². The Morgan fingerprint density at radius 2 is 2.11 bits per heavy atom. The van der Waals surface area contributed by atoms with Crippen molar-refractivity contribution in [3.8, 4) is 0 Å². The lowest BCUT2D eigenvalue weighted by Gasteiger charge is -2.05. The molecule has 0 fully saturated rings. The molecule has 0 N–H and O–H groups in total. The summed E-state index contributed by atoms with van der Waals surface area (Å²) in [5.74, 6) is -0.316. The van der Waals surface area contributed by atoms with Crippen molar-refractivity contribution >= 4 is 45.1 Å². The van der Waals surface area contributed by atoms with Crippen LogP contribution in [0.4, 0.5) is 0 Å². The maximum atomic E-state index is 12.4. The fourth-order valence-electron chi connectivity index (χ4n) is 2.68. The summed E-state index contributed by atoms with van der Waals surface area (Å²) in [6, 6.07) is 13.6. The Balaban J connectivity index is 1.94. The Hall–Kier alpha value is -2.21. The zero-order chi connectivity index (χ0) is 19.2. The quantitative estimate of drug-likeness (QED) is 0.439. The van der Waals surface area contributed by atoms with Gasteiger partial charge in [-0.05, 0) is 49.2 Å². The minimum atomic E-state index is -0.316. The number of thiazole rings is 1. The summed E-state index contributed by atoms with van der Waals surface area (Å²) in [7, 11) is 0. The highest BCUT2D eigenvalue weighted by molar-refractivity contribution is 7.16. The molecule has 1 aromatic heterocycles. The van der Waals surface area contributed by atoms with Crippen molar-refractivity contribution in [3.63, 3.8) is 0 Å². The average molecular weight is 401 g/mol. The second-order valence-corrected chi connectivity index (χ2v) is 7.43. The van der Waals surface area contributed by atoms with Gasteiger partial charge in [0, 0.05) is 24.3 Å². The van der Waals surface area contributed by atoms with Crippen LogP contribution in [0.25, 0.3) is 16.3 Å². The number of hydrogen-bond acceptors (Lipinski definition) is 3. The first kappa shape index (κ1) is 19.5. The molecule has 0 aliphatic rings. The molecule has 3 rings (SSSR count). The number of benzene rings is 2. The highest BCUT2D eigenvalue weighted by atomic mass is 35.5. The van der Waals surface area contributed by atoms with Gasteiger partial charge >= 0.3 is 0 Å². The SMILES string of the molecule is CCOCCn1c(=NC(=O)C=Cc2ccccc2Cl)sc2cc(C)ccc21. The van der Waals surface area contributed by atoms with Gasteiger partial charge in [0.1, 0.15) is 0 Å². The summed E-state index contributed by atoms with van der Waals surface area (Å²) >= 11 is 7.63. The fourth-order valence-corrected chi connectivity index (χ4v) is 4.04. The first-order chi connectivity index (χ1) is 13.1. The van der Waals surface area contributed by atoms with E-state index in [0.29, 0.717) is 29.6 Å². The van der Waals surface area contributed by atoms with E-state index in [0.717, 1.165) is 15.8 Å². The van der Waals surface area contributed by atoms with Gasteiger partial charge in [0.15, 0.2) is 4.80 Å². The summed E-state index contributed by atoms with van der Waals surface area (Å²) in [5.41, 5.74) is 3.03. The van der Waals surface area contributed by atoms with E-state index in [1.54, 1.807) is 12.1 Å². The zero-order valence-electron chi connectivity index (χ0n) is 15.3. The van der Waals surface area contributed by atoms with Crippen LogP contribution in [0.5, 0.6) is 0 Å². The fraction of sp³-hybridized carbons (Fsp3) is 0.238. The molecule has 3 aromatic rings. The average Bonchev–Trinajstić information content (AvgIpc) is 2.97. The molecule has 0 radical (unpaired) electrons. The number of amides is 1. The van der Waals surface area contributed by atoms with Crippen molar-refractivity contribution in [3.05, 3.63) is 69.5 Å². The number of halogens is 1. The molecule has 4 nitrogen and oxygen atoms in total. The van der Waals surface area contributed by atoms with Crippen LogP contribution >= 0.6 is 22.9 Å². The summed E-state index contributed by atoms with van der Waals surface area (Å²) in [4.78, 5) is 17.4. The molecule has 2 aromatic carbocycles. The number of carbonyl (C=O) groups is 1. The maximum Gasteiger partial charge on any atom is 0.272 e. The minimum Gasteiger partial charge on any atom is -0.380 e. The Kier molecular flexibility index (Phi) is 6.61. The first-order valence-corrected chi connectivity index (χ1v) is 9.97. The number of hydrogen-bond donors (Lipinski definition) is 0. The summed E-state index contributed by atoms with van der Waals surface area (Å²) < 4.78 is 8.63. The third-order valence-electron chi connectivity index (χ3n) is 4.02. The van der Waals surface area contributed by atoms with Crippen LogP contribution in [0.3, 0.4) is 0 Å². The minimum absolute atomic E-state index is 0.316. The Morgan fingerprint density at radius 3 is 2.89 bits per heavy atom. The molecule has 0 atom stereocenters. The Morgan fingerprint density at radius 1 is 1.30 bits per heavy atom. The van der Waals surface area contributed by atoms with E-state index in [-0.39, 0.29) is 5.91 Å². The third kappa shape index (κ3) is 4.95. The van der Waals surface area contributed by atoms with Crippen molar-refractivity contribution in [1.29, 1.82) is 0 Å². The third-order valence-corrected chi connectivity index (χ3v) is 5.40. The van der Waals surface area contributed by atoms with E-state index in [1.165, 1.54) is 23.0 Å². The van der Waals surface area contributed by atoms with Crippen molar-refractivity contribution in [2.75, 3.05) is 13.2 Å². The topological polar surface area (TPSA) is 43.6 Å². The lowest BCUT2D eigenvalue weighted by atomic mass is 10.2. The maximum absolute atomic E-state index is 12.4. The number of carbonyl (C=O) groups excluding carboxylic acids is 1. The van der Waals surface area contributed by atoms with Gasteiger partial charge in [-0.2, -0.15) is 4.99 Å². The zero-order valence-corrected chi connectivity index (χ0v) is 16.9. The van der Waals surface area contributed by atoms with E-state index in [1.807, 2.05) is 29.7 Å². The van der Waals surface area contributed by atoms with Crippen LogP contribution in [0.15, 0.2) is 53.5 Å². The number of aromatic nitrogens is 1. The van der Waals surface area contributed by atoms with E-state index in [9.17, 15) is 4.79 Å². The van der Waals surface area contributed by atoms with Gasteiger partial charge in [0.05, 0.1) is 16.8 Å². The van der Waals surface area contributed by atoms with Crippen molar-refractivity contribution < 1.29 is 9.53 Å².